The van der Waals surface area contributed by atoms with Gasteiger partial charge in [0.2, 0.25) is 5.82 Å². The number of hydrogen-bond donors (Lipinski definition) is 0. The normalized spacial score (nSPS) is 10.8. The van der Waals surface area contributed by atoms with Crippen LogP contribution in [0.5, 0.6) is 0 Å². The Morgan fingerprint density at radius 2 is 1.31 bits per heavy atom. The molecule has 1 aromatic carbocycles. The second-order valence-corrected chi connectivity index (χ2v) is 2.75. The van der Waals surface area contributed by atoms with E-state index in [2.05, 4.69) is 0 Å². The average Bonchev–Trinajstić information content (AvgIpc) is 2.28. The lowest BCUT2D eigenvalue weighted by atomic mass is 10.1. The van der Waals surface area contributed by atoms with E-state index in [1.165, 1.54) is 0 Å². The van der Waals surface area contributed by atoms with Gasteiger partial charge >= 0.3 is 0 Å². The summed E-state index contributed by atoms with van der Waals surface area (Å²) in [6.45, 7) is 0. The van der Waals surface area contributed by atoms with E-state index in [-0.39, 0.29) is 6.42 Å². The number of benzene rings is 1. The Morgan fingerprint density at radius 3 is 1.75 bits per heavy atom. The van der Waals surface area contributed by atoms with Crippen LogP contribution in [-0.4, -0.2) is 0 Å². The van der Waals surface area contributed by atoms with Crippen molar-refractivity contribution in [2.75, 3.05) is 0 Å². The maximum absolute atomic E-state index is 13.0. The van der Waals surface area contributed by atoms with Crippen LogP contribution in [0.15, 0.2) is 6.08 Å². The molecule has 0 bridgehead atoms. The van der Waals surface area contributed by atoms with Gasteiger partial charge in [-0.05, 0) is 0 Å². The highest BCUT2D eigenvalue weighted by molar-refractivity contribution is 5.51. The molecule has 0 aliphatic heterocycles. The van der Waals surface area contributed by atoms with Crippen molar-refractivity contribution in [2.24, 2.45) is 0 Å². The number of hydrogen-bond acceptors (Lipinski definition) is 1. The van der Waals surface area contributed by atoms with Crippen molar-refractivity contribution < 1.29 is 22.0 Å². The van der Waals surface area contributed by atoms with Crippen molar-refractivity contribution in [3.05, 3.63) is 40.7 Å². The van der Waals surface area contributed by atoms with Crippen LogP contribution in [-0.2, 0) is 0 Å². The largest absolute Gasteiger partial charge is 0.203 e. The molecule has 84 valence electrons. The van der Waals surface area contributed by atoms with Gasteiger partial charge in [-0.25, -0.2) is 22.0 Å². The summed E-state index contributed by atoms with van der Waals surface area (Å²) in [6.07, 6.45) is 1.48. The van der Waals surface area contributed by atoms with E-state index in [0.29, 0.717) is 6.08 Å². The fraction of sp³-hybridized carbons (Fsp3) is 0.100. The molecule has 1 rings (SSSR count). The lowest BCUT2D eigenvalue weighted by Gasteiger charge is -2.03. The molecule has 0 atom stereocenters. The molecule has 0 aliphatic rings. The summed E-state index contributed by atoms with van der Waals surface area (Å²) in [4.78, 5) is 0. The summed E-state index contributed by atoms with van der Waals surface area (Å²) in [5, 5.41) is 8.14. The first-order valence-electron chi connectivity index (χ1n) is 4.05. The number of rotatable bonds is 2. The first kappa shape index (κ1) is 12.2. The molecule has 1 nitrogen and oxygen atoms in total. The number of allylic oxidation sites excluding steroid dienone is 1. The number of halogens is 5. The Kier molecular flexibility index (Phi) is 3.61. The summed E-state index contributed by atoms with van der Waals surface area (Å²) in [6, 6.07) is 1.62. The van der Waals surface area contributed by atoms with Gasteiger partial charge in [-0.2, -0.15) is 5.26 Å². The van der Waals surface area contributed by atoms with E-state index >= 15 is 0 Å². The molecule has 0 radical (unpaired) electrons. The van der Waals surface area contributed by atoms with Crippen molar-refractivity contribution >= 4 is 6.08 Å². The molecule has 1 aromatic rings. The van der Waals surface area contributed by atoms with Gasteiger partial charge in [0, 0.05) is 0 Å². The molecule has 0 unspecified atom stereocenters. The quantitative estimate of drug-likeness (QED) is 0.436. The molecule has 0 saturated heterocycles. The highest BCUT2D eigenvalue weighted by Crippen LogP contribution is 2.23. The zero-order valence-electron chi connectivity index (χ0n) is 7.70. The maximum atomic E-state index is 13.0. The Bertz CT molecular complexity index is 458. The minimum Gasteiger partial charge on any atom is -0.203 e. The Morgan fingerprint density at radius 1 is 0.875 bits per heavy atom. The van der Waals surface area contributed by atoms with Crippen LogP contribution in [0, 0.1) is 40.4 Å². The van der Waals surface area contributed by atoms with E-state index in [0.717, 1.165) is 6.08 Å². The molecule has 0 spiro atoms. The molecule has 0 aromatic heterocycles. The Hall–Kier alpha value is -1.90. The summed E-state index contributed by atoms with van der Waals surface area (Å²) >= 11 is 0. The molecule has 0 aliphatic carbocycles. The highest BCUT2D eigenvalue weighted by atomic mass is 19.2. The van der Waals surface area contributed by atoms with Gasteiger partial charge in [-0.15, -0.1) is 0 Å². The van der Waals surface area contributed by atoms with Gasteiger partial charge in [-0.1, -0.05) is 12.2 Å². The predicted octanol–water partition coefficient (Wildman–Crippen LogP) is 3.31. The van der Waals surface area contributed by atoms with Crippen LogP contribution >= 0.6 is 0 Å². The van der Waals surface area contributed by atoms with Gasteiger partial charge in [-0.3, -0.25) is 0 Å². The molecule has 0 fully saturated rings. The monoisotopic (exact) mass is 233 g/mol. The predicted molar refractivity (Wildman–Crippen MR) is 45.5 cm³/mol. The van der Waals surface area contributed by atoms with Crippen LogP contribution in [0.2, 0.25) is 0 Å². The van der Waals surface area contributed by atoms with E-state index in [4.69, 9.17) is 5.26 Å². The third-order valence-corrected chi connectivity index (χ3v) is 1.74. The second-order valence-electron chi connectivity index (χ2n) is 2.75. The smallest absolute Gasteiger partial charge is 0.200 e. The van der Waals surface area contributed by atoms with E-state index in [1.54, 1.807) is 6.07 Å². The Labute approximate surface area is 87.4 Å². The van der Waals surface area contributed by atoms with E-state index < -0.39 is 34.6 Å². The molecule has 6 heteroatoms. The lowest BCUT2D eigenvalue weighted by Crippen LogP contribution is -2.03. The fourth-order valence-electron chi connectivity index (χ4n) is 0.998. The van der Waals surface area contributed by atoms with E-state index in [1.807, 2.05) is 0 Å². The van der Waals surface area contributed by atoms with Gasteiger partial charge in [0.15, 0.2) is 23.3 Å². The van der Waals surface area contributed by atoms with Gasteiger partial charge in [0.05, 0.1) is 18.1 Å². The minimum atomic E-state index is -2.20. The molecule has 0 heterocycles. The first-order chi connectivity index (χ1) is 7.50. The molecule has 0 amide bonds. The highest BCUT2D eigenvalue weighted by Gasteiger charge is 2.23. The van der Waals surface area contributed by atoms with Gasteiger partial charge in [0.1, 0.15) is 0 Å². The average molecular weight is 233 g/mol. The van der Waals surface area contributed by atoms with Crippen LogP contribution in [0.3, 0.4) is 0 Å². The van der Waals surface area contributed by atoms with Crippen LogP contribution < -0.4 is 0 Å². The van der Waals surface area contributed by atoms with Gasteiger partial charge in [0.25, 0.3) is 0 Å². The fourth-order valence-corrected chi connectivity index (χ4v) is 0.998. The summed E-state index contributed by atoms with van der Waals surface area (Å²) in [7, 11) is 0. The minimum absolute atomic E-state index is 0.195. The zero-order valence-corrected chi connectivity index (χ0v) is 7.70. The van der Waals surface area contributed by atoms with Crippen molar-refractivity contribution in [2.45, 2.75) is 6.42 Å². The van der Waals surface area contributed by atoms with E-state index in [9.17, 15) is 22.0 Å². The summed E-state index contributed by atoms with van der Waals surface area (Å²) < 4.78 is 63.8. The SMILES string of the molecule is N#CCC=Cc1c(F)c(F)c(F)c(F)c1F. The molecular formula is C10H4F5N. The molecule has 0 N–H and O–H groups in total. The van der Waals surface area contributed by atoms with Crippen molar-refractivity contribution in [1.82, 2.24) is 0 Å². The maximum Gasteiger partial charge on any atom is 0.200 e. The van der Waals surface area contributed by atoms with Crippen LogP contribution in [0.4, 0.5) is 22.0 Å². The zero-order chi connectivity index (χ0) is 12.3. The molecule has 0 saturated carbocycles. The molecule has 16 heavy (non-hydrogen) atoms. The second kappa shape index (κ2) is 4.75. The van der Waals surface area contributed by atoms with Crippen LogP contribution in [0.1, 0.15) is 12.0 Å². The summed E-state index contributed by atoms with van der Waals surface area (Å²) in [5.41, 5.74) is -1.05. The standard InChI is InChI=1S/C10H4F5N/c11-6-5(3-1-2-4-16)7(12)9(14)10(15)8(6)13/h1,3H,2H2. The lowest BCUT2D eigenvalue weighted by molar-refractivity contribution is 0.377. The number of nitriles is 1. The third kappa shape index (κ3) is 2.03. The molecular weight excluding hydrogens is 229 g/mol. The topological polar surface area (TPSA) is 23.8 Å². The van der Waals surface area contributed by atoms with Gasteiger partial charge < -0.3 is 0 Å². The Balaban J connectivity index is 3.35. The van der Waals surface area contributed by atoms with Crippen molar-refractivity contribution in [3.63, 3.8) is 0 Å². The number of nitrogens with zero attached hydrogens (tertiary/aromatic N) is 1. The van der Waals surface area contributed by atoms with Crippen molar-refractivity contribution in [1.29, 1.82) is 5.26 Å². The van der Waals surface area contributed by atoms with Crippen LogP contribution in [0.25, 0.3) is 6.08 Å². The summed E-state index contributed by atoms with van der Waals surface area (Å²) in [5.74, 6) is -10.0. The first-order valence-corrected chi connectivity index (χ1v) is 4.05. The third-order valence-electron chi connectivity index (χ3n) is 1.74. The van der Waals surface area contributed by atoms with Crippen molar-refractivity contribution in [3.8, 4) is 6.07 Å².